The predicted octanol–water partition coefficient (Wildman–Crippen LogP) is 1.29. The third-order valence-electron chi connectivity index (χ3n) is 2.69. The highest BCUT2D eigenvalue weighted by Gasteiger charge is 2.08. The lowest BCUT2D eigenvalue weighted by Gasteiger charge is -2.06. The van der Waals surface area contributed by atoms with E-state index in [0.717, 1.165) is 11.3 Å². The molecule has 1 atom stereocenters. The van der Waals surface area contributed by atoms with Gasteiger partial charge in [-0.2, -0.15) is 5.10 Å². The van der Waals surface area contributed by atoms with Gasteiger partial charge in [0.25, 0.3) is 5.91 Å². The molecule has 5 nitrogen and oxygen atoms in total. The standard InChI is InChI=1S/C13H15N3O2/c1-9(17)10-3-5-11(6-4-10)16-8-7-12(15-16)13(18)14-2/h3-9,17H,1-2H3,(H,14,18)/t9-/m0/s1. The number of aromatic nitrogens is 2. The van der Waals surface area contributed by atoms with E-state index in [1.165, 1.54) is 0 Å². The van der Waals surface area contributed by atoms with Crippen molar-refractivity contribution in [3.8, 4) is 5.69 Å². The second-order valence-corrected chi connectivity index (χ2v) is 3.99. The van der Waals surface area contributed by atoms with Gasteiger partial charge in [-0.05, 0) is 30.7 Å². The summed E-state index contributed by atoms with van der Waals surface area (Å²) in [5, 5.41) is 16.1. The van der Waals surface area contributed by atoms with Crippen molar-refractivity contribution in [1.29, 1.82) is 0 Å². The van der Waals surface area contributed by atoms with Crippen LogP contribution in [0.5, 0.6) is 0 Å². The molecule has 5 heteroatoms. The average Bonchev–Trinajstić information content (AvgIpc) is 2.87. The first kappa shape index (κ1) is 12.3. The summed E-state index contributed by atoms with van der Waals surface area (Å²) in [6, 6.07) is 9.02. The monoisotopic (exact) mass is 245 g/mol. The number of benzene rings is 1. The maximum Gasteiger partial charge on any atom is 0.271 e. The molecule has 0 spiro atoms. The Morgan fingerprint density at radius 2 is 2.00 bits per heavy atom. The molecule has 0 unspecified atom stereocenters. The van der Waals surface area contributed by atoms with E-state index in [2.05, 4.69) is 10.4 Å². The first-order chi connectivity index (χ1) is 8.61. The summed E-state index contributed by atoms with van der Waals surface area (Å²) >= 11 is 0. The van der Waals surface area contributed by atoms with E-state index in [1.54, 1.807) is 30.9 Å². The van der Waals surface area contributed by atoms with E-state index in [9.17, 15) is 9.90 Å². The van der Waals surface area contributed by atoms with Gasteiger partial charge in [-0.15, -0.1) is 0 Å². The van der Waals surface area contributed by atoms with Crippen LogP contribution >= 0.6 is 0 Å². The molecule has 0 fully saturated rings. The van der Waals surface area contributed by atoms with Gasteiger partial charge in [0.15, 0.2) is 5.69 Å². The zero-order valence-corrected chi connectivity index (χ0v) is 10.3. The molecule has 0 aliphatic carbocycles. The van der Waals surface area contributed by atoms with E-state index in [0.29, 0.717) is 5.69 Å². The fourth-order valence-corrected chi connectivity index (χ4v) is 1.62. The first-order valence-corrected chi connectivity index (χ1v) is 5.68. The highest BCUT2D eigenvalue weighted by Crippen LogP contribution is 2.15. The van der Waals surface area contributed by atoms with Crippen LogP contribution in [0.1, 0.15) is 29.1 Å². The highest BCUT2D eigenvalue weighted by atomic mass is 16.3. The number of aliphatic hydroxyl groups is 1. The normalized spacial score (nSPS) is 12.2. The fraction of sp³-hybridized carbons (Fsp3) is 0.231. The fourth-order valence-electron chi connectivity index (χ4n) is 1.62. The van der Waals surface area contributed by atoms with Crippen molar-refractivity contribution < 1.29 is 9.90 Å². The van der Waals surface area contributed by atoms with Crippen molar-refractivity contribution in [3.05, 3.63) is 47.8 Å². The smallest absolute Gasteiger partial charge is 0.271 e. The van der Waals surface area contributed by atoms with Crippen molar-refractivity contribution >= 4 is 5.91 Å². The maximum absolute atomic E-state index is 11.4. The van der Waals surface area contributed by atoms with Crippen LogP contribution in [0.4, 0.5) is 0 Å². The van der Waals surface area contributed by atoms with E-state index in [1.807, 2.05) is 24.3 Å². The second kappa shape index (κ2) is 5.01. The Bertz CT molecular complexity index is 544. The van der Waals surface area contributed by atoms with Gasteiger partial charge in [0, 0.05) is 13.2 Å². The van der Waals surface area contributed by atoms with Crippen LogP contribution in [0.2, 0.25) is 0 Å². The van der Waals surface area contributed by atoms with Gasteiger partial charge < -0.3 is 10.4 Å². The number of nitrogens with one attached hydrogen (secondary N) is 1. The molecule has 0 aliphatic heterocycles. The summed E-state index contributed by atoms with van der Waals surface area (Å²) < 4.78 is 1.62. The Hall–Kier alpha value is -2.14. The Morgan fingerprint density at radius 1 is 1.33 bits per heavy atom. The van der Waals surface area contributed by atoms with Crippen LogP contribution < -0.4 is 5.32 Å². The zero-order valence-electron chi connectivity index (χ0n) is 10.3. The lowest BCUT2D eigenvalue weighted by Crippen LogP contribution is -2.18. The van der Waals surface area contributed by atoms with Gasteiger partial charge in [0.2, 0.25) is 0 Å². The molecule has 0 bridgehead atoms. The molecular formula is C13H15N3O2. The van der Waals surface area contributed by atoms with Gasteiger partial charge in [-0.3, -0.25) is 4.79 Å². The summed E-state index contributed by atoms with van der Waals surface area (Å²) in [5.41, 5.74) is 2.06. The third kappa shape index (κ3) is 2.41. The molecule has 1 aromatic carbocycles. The van der Waals surface area contributed by atoms with Crippen LogP contribution in [0.3, 0.4) is 0 Å². The van der Waals surface area contributed by atoms with Crippen molar-refractivity contribution in [1.82, 2.24) is 15.1 Å². The summed E-state index contributed by atoms with van der Waals surface area (Å²) in [6.07, 6.45) is 1.24. The van der Waals surface area contributed by atoms with E-state index in [4.69, 9.17) is 0 Å². The number of hydrogen-bond acceptors (Lipinski definition) is 3. The summed E-state index contributed by atoms with van der Waals surface area (Å²) in [6.45, 7) is 1.71. The van der Waals surface area contributed by atoms with Crippen molar-refractivity contribution in [2.75, 3.05) is 7.05 Å². The number of rotatable bonds is 3. The zero-order chi connectivity index (χ0) is 13.1. The minimum atomic E-state index is -0.488. The van der Waals surface area contributed by atoms with Crippen molar-refractivity contribution in [3.63, 3.8) is 0 Å². The number of amides is 1. The molecule has 2 rings (SSSR count). The lowest BCUT2D eigenvalue weighted by atomic mass is 10.1. The van der Waals surface area contributed by atoms with E-state index >= 15 is 0 Å². The lowest BCUT2D eigenvalue weighted by molar-refractivity contribution is 0.0957. The first-order valence-electron chi connectivity index (χ1n) is 5.68. The van der Waals surface area contributed by atoms with Crippen LogP contribution in [0, 0.1) is 0 Å². The van der Waals surface area contributed by atoms with Gasteiger partial charge in [-0.25, -0.2) is 4.68 Å². The van der Waals surface area contributed by atoms with Crippen molar-refractivity contribution in [2.24, 2.45) is 0 Å². The topological polar surface area (TPSA) is 67.2 Å². The SMILES string of the molecule is CNC(=O)c1ccn(-c2ccc([C@H](C)O)cc2)n1. The van der Waals surface area contributed by atoms with Crippen LogP contribution in [0.25, 0.3) is 5.69 Å². The number of nitrogens with zero attached hydrogens (tertiary/aromatic N) is 2. The van der Waals surface area contributed by atoms with Gasteiger partial charge in [0.1, 0.15) is 0 Å². The Labute approximate surface area is 105 Å². The maximum atomic E-state index is 11.4. The molecule has 0 radical (unpaired) electrons. The number of aliphatic hydroxyl groups excluding tert-OH is 1. The largest absolute Gasteiger partial charge is 0.389 e. The molecular weight excluding hydrogens is 230 g/mol. The minimum absolute atomic E-state index is 0.214. The van der Waals surface area contributed by atoms with Gasteiger partial charge in [0.05, 0.1) is 11.8 Å². The Kier molecular flexibility index (Phi) is 3.43. The molecule has 0 saturated heterocycles. The summed E-state index contributed by atoms with van der Waals surface area (Å²) in [4.78, 5) is 11.4. The molecule has 94 valence electrons. The summed E-state index contributed by atoms with van der Waals surface area (Å²) in [5.74, 6) is -0.214. The summed E-state index contributed by atoms with van der Waals surface area (Å²) in [7, 11) is 1.57. The number of carbonyl (C=O) groups excluding carboxylic acids is 1. The van der Waals surface area contributed by atoms with Crippen LogP contribution in [-0.2, 0) is 0 Å². The van der Waals surface area contributed by atoms with E-state index in [-0.39, 0.29) is 5.91 Å². The average molecular weight is 245 g/mol. The molecule has 1 amide bonds. The minimum Gasteiger partial charge on any atom is -0.389 e. The highest BCUT2D eigenvalue weighted by molar-refractivity contribution is 5.91. The van der Waals surface area contributed by atoms with Crippen LogP contribution in [-0.4, -0.2) is 27.8 Å². The third-order valence-corrected chi connectivity index (χ3v) is 2.69. The molecule has 2 aromatic rings. The molecule has 18 heavy (non-hydrogen) atoms. The Morgan fingerprint density at radius 3 is 2.56 bits per heavy atom. The quantitative estimate of drug-likeness (QED) is 0.856. The molecule has 0 saturated carbocycles. The van der Waals surface area contributed by atoms with Crippen LogP contribution in [0.15, 0.2) is 36.5 Å². The van der Waals surface area contributed by atoms with Gasteiger partial charge >= 0.3 is 0 Å². The predicted molar refractivity (Wildman–Crippen MR) is 67.6 cm³/mol. The molecule has 0 aliphatic rings. The molecule has 1 aromatic heterocycles. The number of hydrogen-bond donors (Lipinski definition) is 2. The van der Waals surface area contributed by atoms with E-state index < -0.39 is 6.10 Å². The van der Waals surface area contributed by atoms with Gasteiger partial charge in [-0.1, -0.05) is 12.1 Å². The Balaban J connectivity index is 2.26. The number of carbonyl (C=O) groups is 1. The molecule has 2 N–H and O–H groups in total. The second-order valence-electron chi connectivity index (χ2n) is 3.99. The van der Waals surface area contributed by atoms with Crippen molar-refractivity contribution in [2.45, 2.75) is 13.0 Å². The molecule has 1 heterocycles.